The van der Waals surface area contributed by atoms with Crippen molar-refractivity contribution in [3.63, 3.8) is 0 Å². The van der Waals surface area contributed by atoms with E-state index in [-0.39, 0.29) is 17.3 Å². The molecule has 4 rings (SSSR count). The molecule has 2 aromatic heterocycles. The maximum absolute atomic E-state index is 14.1. The Morgan fingerprint density at radius 1 is 0.857 bits per heavy atom. The molecule has 0 aliphatic carbocycles. The van der Waals surface area contributed by atoms with Gasteiger partial charge in [-0.2, -0.15) is 0 Å². The number of hydrogen-bond acceptors (Lipinski definition) is 8. The number of sulfonamides is 1. The van der Waals surface area contributed by atoms with E-state index in [0.29, 0.717) is 28.8 Å². The van der Waals surface area contributed by atoms with Gasteiger partial charge in [0.05, 0.1) is 11.5 Å². The highest BCUT2D eigenvalue weighted by atomic mass is 32.2. The number of halogens is 1. The number of anilines is 5. The summed E-state index contributed by atoms with van der Waals surface area (Å²) in [6.07, 6.45) is 3.12. The van der Waals surface area contributed by atoms with Crippen molar-refractivity contribution in [3.8, 4) is 5.75 Å². The predicted molar refractivity (Wildman–Crippen MR) is 132 cm³/mol. The predicted octanol–water partition coefficient (Wildman–Crippen LogP) is 5.01. The van der Waals surface area contributed by atoms with E-state index in [1.807, 2.05) is 19.1 Å². The molecule has 11 heteroatoms. The number of nitrogens with zero attached hydrogens (tertiary/aromatic N) is 3. The minimum Gasteiger partial charge on any atom is -0.491 e. The molecule has 0 saturated heterocycles. The SMILES string of the molecule is CCOc1ccc(S(=O)(=O)Nc2ccc(Nc3cc(Nc4cc(C)ccn4)ncn3)cc2)cc1F. The molecule has 0 amide bonds. The molecule has 0 unspecified atom stereocenters. The van der Waals surface area contributed by atoms with Gasteiger partial charge in [-0.25, -0.2) is 27.8 Å². The summed E-state index contributed by atoms with van der Waals surface area (Å²) in [4.78, 5) is 12.4. The van der Waals surface area contributed by atoms with Gasteiger partial charge in [0, 0.05) is 23.6 Å². The fourth-order valence-corrected chi connectivity index (χ4v) is 4.20. The molecule has 0 saturated carbocycles. The van der Waals surface area contributed by atoms with E-state index in [2.05, 4.69) is 30.3 Å². The lowest BCUT2D eigenvalue weighted by molar-refractivity contribution is 0.321. The number of ether oxygens (including phenoxy) is 1. The maximum Gasteiger partial charge on any atom is 0.262 e. The van der Waals surface area contributed by atoms with Gasteiger partial charge in [0.1, 0.15) is 23.8 Å². The Kier molecular flexibility index (Phi) is 7.06. The third kappa shape index (κ3) is 6.21. The Bertz CT molecular complexity index is 1430. The van der Waals surface area contributed by atoms with Gasteiger partial charge in [-0.3, -0.25) is 4.72 Å². The van der Waals surface area contributed by atoms with Crippen LogP contribution in [0.1, 0.15) is 12.5 Å². The van der Waals surface area contributed by atoms with Gasteiger partial charge in [-0.15, -0.1) is 0 Å². The van der Waals surface area contributed by atoms with Crippen LogP contribution >= 0.6 is 0 Å². The summed E-state index contributed by atoms with van der Waals surface area (Å²) in [5, 5.41) is 6.26. The molecule has 3 N–H and O–H groups in total. The first kappa shape index (κ1) is 23.9. The summed E-state index contributed by atoms with van der Waals surface area (Å²) in [5.74, 6) is 1.02. The topological polar surface area (TPSA) is 118 Å². The molecule has 35 heavy (non-hydrogen) atoms. The first-order chi connectivity index (χ1) is 16.8. The van der Waals surface area contributed by atoms with Crippen LogP contribution in [0.15, 0.2) is 78.1 Å². The number of hydrogen-bond donors (Lipinski definition) is 3. The first-order valence-corrected chi connectivity index (χ1v) is 12.1. The van der Waals surface area contributed by atoms with Crippen LogP contribution in [0.25, 0.3) is 0 Å². The highest BCUT2D eigenvalue weighted by molar-refractivity contribution is 7.92. The number of aromatic nitrogens is 3. The average Bonchev–Trinajstić information content (AvgIpc) is 2.82. The van der Waals surface area contributed by atoms with Gasteiger partial charge < -0.3 is 15.4 Å². The normalized spacial score (nSPS) is 11.1. The van der Waals surface area contributed by atoms with Crippen LogP contribution in [0.3, 0.4) is 0 Å². The van der Waals surface area contributed by atoms with E-state index in [9.17, 15) is 12.8 Å². The Labute approximate surface area is 202 Å². The fraction of sp³-hybridized carbons (Fsp3) is 0.125. The van der Waals surface area contributed by atoms with E-state index in [4.69, 9.17) is 4.74 Å². The minimum absolute atomic E-state index is 0.0000940. The lowest BCUT2D eigenvalue weighted by Gasteiger charge is -2.11. The molecular weight excluding hydrogens is 471 g/mol. The van der Waals surface area contributed by atoms with Crippen LogP contribution < -0.4 is 20.1 Å². The summed E-state index contributed by atoms with van der Waals surface area (Å²) in [6, 6.07) is 15.6. The van der Waals surface area contributed by atoms with Gasteiger partial charge in [0.15, 0.2) is 11.6 Å². The lowest BCUT2D eigenvalue weighted by atomic mass is 10.3. The van der Waals surface area contributed by atoms with E-state index in [1.165, 1.54) is 18.5 Å². The zero-order valence-corrected chi connectivity index (χ0v) is 19.8. The van der Waals surface area contributed by atoms with Crippen molar-refractivity contribution in [1.29, 1.82) is 0 Å². The zero-order valence-electron chi connectivity index (χ0n) is 19.0. The highest BCUT2D eigenvalue weighted by Gasteiger charge is 2.17. The van der Waals surface area contributed by atoms with Crippen molar-refractivity contribution in [2.24, 2.45) is 0 Å². The number of benzene rings is 2. The first-order valence-electron chi connectivity index (χ1n) is 10.7. The smallest absolute Gasteiger partial charge is 0.262 e. The van der Waals surface area contributed by atoms with Gasteiger partial charge >= 0.3 is 0 Å². The maximum atomic E-state index is 14.1. The van der Waals surface area contributed by atoms with Crippen LogP contribution in [-0.4, -0.2) is 30.0 Å². The van der Waals surface area contributed by atoms with E-state index in [1.54, 1.807) is 43.5 Å². The Balaban J connectivity index is 1.42. The van der Waals surface area contributed by atoms with Crippen molar-refractivity contribution in [3.05, 3.63) is 84.6 Å². The molecule has 180 valence electrons. The van der Waals surface area contributed by atoms with Crippen molar-refractivity contribution in [2.75, 3.05) is 22.0 Å². The summed E-state index contributed by atoms with van der Waals surface area (Å²) < 4.78 is 46.9. The van der Waals surface area contributed by atoms with Crippen LogP contribution in [0, 0.1) is 12.7 Å². The number of aryl methyl sites for hydroxylation is 1. The fourth-order valence-electron chi connectivity index (χ4n) is 3.13. The summed E-state index contributed by atoms with van der Waals surface area (Å²) in [5.41, 5.74) is 2.07. The number of nitrogens with one attached hydrogen (secondary N) is 3. The number of pyridine rings is 1. The Morgan fingerprint density at radius 3 is 2.23 bits per heavy atom. The highest BCUT2D eigenvalue weighted by Crippen LogP contribution is 2.24. The second kappa shape index (κ2) is 10.3. The molecule has 2 aromatic carbocycles. The minimum atomic E-state index is -3.98. The summed E-state index contributed by atoms with van der Waals surface area (Å²) in [6.45, 7) is 3.96. The summed E-state index contributed by atoms with van der Waals surface area (Å²) in [7, 11) is -3.98. The van der Waals surface area contributed by atoms with Gasteiger partial charge in [0.2, 0.25) is 0 Å². The molecule has 0 atom stereocenters. The van der Waals surface area contributed by atoms with Crippen LogP contribution in [0.2, 0.25) is 0 Å². The standard InChI is InChI=1S/C24H23FN6O3S/c1-3-34-21-9-8-19(13-20(21)25)35(32,33)31-18-6-4-17(5-7-18)29-23-14-24(28-15-27-23)30-22-12-16(2)10-11-26-22/h4-15,31H,3H2,1-2H3,(H2,26,27,28,29,30). The monoisotopic (exact) mass is 494 g/mol. The molecule has 0 bridgehead atoms. The third-order valence-corrected chi connectivity index (χ3v) is 6.14. The largest absolute Gasteiger partial charge is 0.491 e. The lowest BCUT2D eigenvalue weighted by Crippen LogP contribution is -2.13. The van der Waals surface area contributed by atoms with Crippen molar-refractivity contribution in [2.45, 2.75) is 18.7 Å². The molecule has 0 aliphatic heterocycles. The quantitative estimate of drug-likeness (QED) is 0.297. The van der Waals surface area contributed by atoms with E-state index in [0.717, 1.165) is 11.6 Å². The van der Waals surface area contributed by atoms with Gasteiger partial charge in [-0.1, -0.05) is 0 Å². The third-order valence-electron chi connectivity index (χ3n) is 4.76. The molecule has 0 radical (unpaired) electrons. The molecule has 9 nitrogen and oxygen atoms in total. The van der Waals surface area contributed by atoms with Crippen LogP contribution in [0.5, 0.6) is 5.75 Å². The Morgan fingerprint density at radius 2 is 1.54 bits per heavy atom. The van der Waals surface area contributed by atoms with E-state index < -0.39 is 15.8 Å². The molecular formula is C24H23FN6O3S. The second-order valence-electron chi connectivity index (χ2n) is 7.47. The molecule has 2 heterocycles. The van der Waals surface area contributed by atoms with Crippen molar-refractivity contribution in [1.82, 2.24) is 15.0 Å². The average molecular weight is 495 g/mol. The summed E-state index contributed by atoms with van der Waals surface area (Å²) >= 11 is 0. The van der Waals surface area contributed by atoms with Crippen LogP contribution in [-0.2, 0) is 10.0 Å². The van der Waals surface area contributed by atoms with E-state index >= 15 is 0 Å². The molecule has 0 fully saturated rings. The van der Waals surface area contributed by atoms with Crippen molar-refractivity contribution < 1.29 is 17.5 Å². The Hall–Kier alpha value is -4.25. The molecule has 4 aromatic rings. The van der Waals surface area contributed by atoms with Gasteiger partial charge in [0.25, 0.3) is 10.0 Å². The van der Waals surface area contributed by atoms with Gasteiger partial charge in [-0.05, 0) is 74.0 Å². The number of rotatable bonds is 9. The second-order valence-corrected chi connectivity index (χ2v) is 9.15. The molecule has 0 spiro atoms. The molecule has 0 aliphatic rings. The van der Waals surface area contributed by atoms with Crippen molar-refractivity contribution >= 4 is 38.9 Å². The zero-order chi connectivity index (χ0) is 24.8. The van der Waals surface area contributed by atoms with Crippen LogP contribution in [0.4, 0.5) is 33.2 Å².